The van der Waals surface area contributed by atoms with E-state index in [2.05, 4.69) is 10.3 Å². The van der Waals surface area contributed by atoms with Crippen LogP contribution in [-0.4, -0.2) is 17.4 Å². The normalized spacial score (nSPS) is 10.5. The zero-order valence-corrected chi connectivity index (χ0v) is 13.1. The first-order valence-electron chi connectivity index (χ1n) is 7.26. The smallest absolute Gasteiger partial charge is 0.251 e. The van der Waals surface area contributed by atoms with Gasteiger partial charge in [0.2, 0.25) is 0 Å². The van der Waals surface area contributed by atoms with Gasteiger partial charge in [-0.2, -0.15) is 0 Å². The van der Waals surface area contributed by atoms with Crippen LogP contribution in [0.25, 0.3) is 10.6 Å². The Morgan fingerprint density at radius 3 is 2.57 bits per heavy atom. The molecule has 0 aliphatic heterocycles. The average molecular weight is 326 g/mol. The Bertz CT molecular complexity index is 784. The van der Waals surface area contributed by atoms with Gasteiger partial charge in [0.25, 0.3) is 5.91 Å². The van der Waals surface area contributed by atoms with Gasteiger partial charge in [-0.05, 0) is 24.3 Å². The van der Waals surface area contributed by atoms with E-state index >= 15 is 0 Å². The Labute approximate surface area is 137 Å². The zero-order chi connectivity index (χ0) is 16.1. The molecule has 3 rings (SSSR count). The molecule has 5 heteroatoms. The topological polar surface area (TPSA) is 42.0 Å². The first-order chi connectivity index (χ1) is 11.2. The fraction of sp³-hybridized carbons (Fsp3) is 0.111. The predicted molar refractivity (Wildman–Crippen MR) is 90.0 cm³/mol. The van der Waals surface area contributed by atoms with Crippen molar-refractivity contribution >= 4 is 17.2 Å². The van der Waals surface area contributed by atoms with Crippen molar-refractivity contribution in [2.75, 3.05) is 6.54 Å². The number of nitrogens with one attached hydrogen (secondary N) is 1. The largest absolute Gasteiger partial charge is 0.352 e. The third-order valence-corrected chi connectivity index (χ3v) is 4.29. The molecule has 0 saturated heterocycles. The van der Waals surface area contributed by atoms with Crippen LogP contribution in [0.4, 0.5) is 4.39 Å². The van der Waals surface area contributed by atoms with Crippen LogP contribution >= 0.6 is 11.3 Å². The summed E-state index contributed by atoms with van der Waals surface area (Å²) in [6.07, 6.45) is 0.663. The summed E-state index contributed by atoms with van der Waals surface area (Å²) in [4.78, 5) is 16.5. The number of amides is 1. The molecule has 0 radical (unpaired) electrons. The van der Waals surface area contributed by atoms with Crippen molar-refractivity contribution in [3.8, 4) is 10.6 Å². The summed E-state index contributed by atoms with van der Waals surface area (Å²) in [5.74, 6) is -0.555. The lowest BCUT2D eigenvalue weighted by Crippen LogP contribution is -2.25. The summed E-state index contributed by atoms with van der Waals surface area (Å²) < 4.78 is 12.8. The number of hydrogen-bond donors (Lipinski definition) is 1. The minimum atomic E-state index is -0.350. The van der Waals surface area contributed by atoms with Gasteiger partial charge in [-0.1, -0.05) is 30.3 Å². The maximum atomic E-state index is 12.8. The monoisotopic (exact) mass is 326 g/mol. The number of thiazole rings is 1. The molecule has 1 aromatic heterocycles. The zero-order valence-electron chi connectivity index (χ0n) is 12.3. The van der Waals surface area contributed by atoms with Gasteiger partial charge in [-0.25, -0.2) is 9.37 Å². The quantitative estimate of drug-likeness (QED) is 0.772. The maximum Gasteiger partial charge on any atom is 0.251 e. The van der Waals surface area contributed by atoms with Gasteiger partial charge in [0, 0.05) is 29.5 Å². The summed E-state index contributed by atoms with van der Waals surface area (Å²) in [5.41, 5.74) is 2.50. The molecule has 116 valence electrons. The minimum absolute atomic E-state index is 0.205. The second kappa shape index (κ2) is 7.15. The lowest BCUT2D eigenvalue weighted by atomic mass is 10.2. The predicted octanol–water partition coefficient (Wildman–Crippen LogP) is 3.92. The van der Waals surface area contributed by atoms with Crippen LogP contribution < -0.4 is 5.32 Å². The number of benzene rings is 2. The van der Waals surface area contributed by atoms with E-state index in [0.29, 0.717) is 18.5 Å². The second-order valence-corrected chi connectivity index (χ2v) is 5.88. The van der Waals surface area contributed by atoms with Crippen LogP contribution in [0.1, 0.15) is 16.1 Å². The highest BCUT2D eigenvalue weighted by Gasteiger charge is 2.07. The van der Waals surface area contributed by atoms with Crippen LogP contribution in [0.15, 0.2) is 60.0 Å². The molecule has 1 N–H and O–H groups in total. The van der Waals surface area contributed by atoms with Crippen molar-refractivity contribution in [3.63, 3.8) is 0 Å². The van der Waals surface area contributed by atoms with E-state index in [1.807, 2.05) is 35.7 Å². The van der Waals surface area contributed by atoms with Crippen LogP contribution in [0.3, 0.4) is 0 Å². The van der Waals surface area contributed by atoms with E-state index in [1.54, 1.807) is 11.3 Å². The molecule has 2 aromatic carbocycles. The van der Waals surface area contributed by atoms with Crippen molar-refractivity contribution < 1.29 is 9.18 Å². The van der Waals surface area contributed by atoms with Gasteiger partial charge in [-0.15, -0.1) is 11.3 Å². The fourth-order valence-corrected chi connectivity index (χ4v) is 3.00. The van der Waals surface area contributed by atoms with Gasteiger partial charge in [0.05, 0.1) is 5.69 Å². The van der Waals surface area contributed by atoms with Gasteiger partial charge in [0.1, 0.15) is 10.8 Å². The number of nitrogens with zero attached hydrogens (tertiary/aromatic N) is 1. The summed E-state index contributed by atoms with van der Waals surface area (Å²) >= 11 is 1.59. The van der Waals surface area contributed by atoms with Gasteiger partial charge < -0.3 is 5.32 Å². The Kier molecular flexibility index (Phi) is 4.78. The number of aromatic nitrogens is 1. The minimum Gasteiger partial charge on any atom is -0.352 e. The first-order valence-corrected chi connectivity index (χ1v) is 8.14. The van der Waals surface area contributed by atoms with Crippen molar-refractivity contribution in [1.29, 1.82) is 0 Å². The van der Waals surface area contributed by atoms with E-state index in [-0.39, 0.29) is 11.7 Å². The standard InChI is InChI=1S/C18H15FN2OS/c19-15-8-6-13(7-9-15)17(22)20-11-10-16-12-23-18(21-16)14-4-2-1-3-5-14/h1-9,12H,10-11H2,(H,20,22). The molecule has 0 bridgehead atoms. The Morgan fingerprint density at radius 2 is 1.83 bits per heavy atom. The van der Waals surface area contributed by atoms with Crippen LogP contribution in [0.2, 0.25) is 0 Å². The summed E-state index contributed by atoms with van der Waals surface area (Å²) in [7, 11) is 0. The third-order valence-electron chi connectivity index (χ3n) is 3.35. The lowest BCUT2D eigenvalue weighted by molar-refractivity contribution is 0.0954. The molecule has 0 fully saturated rings. The van der Waals surface area contributed by atoms with Crippen molar-refractivity contribution in [2.45, 2.75) is 6.42 Å². The van der Waals surface area contributed by atoms with Crippen molar-refractivity contribution in [3.05, 3.63) is 77.1 Å². The second-order valence-electron chi connectivity index (χ2n) is 5.02. The van der Waals surface area contributed by atoms with Crippen molar-refractivity contribution in [2.24, 2.45) is 0 Å². The number of carbonyl (C=O) groups is 1. The molecular weight excluding hydrogens is 311 g/mol. The molecule has 1 heterocycles. The number of rotatable bonds is 5. The number of carbonyl (C=O) groups excluding carboxylic acids is 1. The van der Waals surface area contributed by atoms with Gasteiger partial charge in [-0.3, -0.25) is 4.79 Å². The maximum absolute atomic E-state index is 12.8. The summed E-state index contributed by atoms with van der Waals surface area (Å²) in [5, 5.41) is 5.80. The highest BCUT2D eigenvalue weighted by atomic mass is 32.1. The van der Waals surface area contributed by atoms with Crippen molar-refractivity contribution in [1.82, 2.24) is 10.3 Å². The molecule has 0 saturated carbocycles. The highest BCUT2D eigenvalue weighted by molar-refractivity contribution is 7.13. The van der Waals surface area contributed by atoms with Gasteiger partial charge in [0.15, 0.2) is 0 Å². The van der Waals surface area contributed by atoms with E-state index in [1.165, 1.54) is 24.3 Å². The molecule has 0 aliphatic carbocycles. The summed E-state index contributed by atoms with van der Waals surface area (Å²) in [6, 6.07) is 15.5. The molecular formula is C18H15FN2OS. The van der Waals surface area contributed by atoms with E-state index in [0.717, 1.165) is 16.3 Å². The SMILES string of the molecule is O=C(NCCc1csc(-c2ccccc2)n1)c1ccc(F)cc1. The molecule has 0 spiro atoms. The Hall–Kier alpha value is -2.53. The molecule has 1 amide bonds. The molecule has 0 unspecified atom stereocenters. The molecule has 0 atom stereocenters. The molecule has 0 aliphatic rings. The third kappa shape index (κ3) is 4.02. The number of halogens is 1. The average Bonchev–Trinajstić information content (AvgIpc) is 3.05. The fourth-order valence-electron chi connectivity index (χ4n) is 2.14. The first kappa shape index (κ1) is 15.4. The molecule has 23 heavy (non-hydrogen) atoms. The van der Waals surface area contributed by atoms with Crippen LogP contribution in [0, 0.1) is 5.82 Å². The van der Waals surface area contributed by atoms with E-state index < -0.39 is 0 Å². The summed E-state index contributed by atoms with van der Waals surface area (Å²) in [6.45, 7) is 0.494. The van der Waals surface area contributed by atoms with Crippen LogP contribution in [-0.2, 0) is 6.42 Å². The van der Waals surface area contributed by atoms with E-state index in [4.69, 9.17) is 0 Å². The lowest BCUT2D eigenvalue weighted by Gasteiger charge is -2.04. The molecule has 3 aromatic rings. The van der Waals surface area contributed by atoms with Gasteiger partial charge >= 0.3 is 0 Å². The van der Waals surface area contributed by atoms with Crippen LogP contribution in [0.5, 0.6) is 0 Å². The van der Waals surface area contributed by atoms with E-state index in [9.17, 15) is 9.18 Å². The molecule has 3 nitrogen and oxygen atoms in total. The Morgan fingerprint density at radius 1 is 1.09 bits per heavy atom. The Balaban J connectivity index is 1.54. The highest BCUT2D eigenvalue weighted by Crippen LogP contribution is 2.23. The number of hydrogen-bond acceptors (Lipinski definition) is 3.